The molecule has 1 fully saturated rings. The maximum atomic E-state index is 10.3. The fraction of sp³-hybridized carbons (Fsp3) is 1.00. The maximum Gasteiger partial charge on any atom is 0.0526 e. The first kappa shape index (κ1) is 8.50. The van der Waals surface area contributed by atoms with Crippen molar-refractivity contribution in [2.75, 3.05) is 6.54 Å². The third-order valence-corrected chi connectivity index (χ3v) is 2.32. The fourth-order valence-electron chi connectivity index (χ4n) is 1.72. The maximum absolute atomic E-state index is 10.3. The van der Waals surface area contributed by atoms with Crippen LogP contribution < -0.4 is 0 Å². The zero-order valence-corrected chi connectivity index (χ0v) is 7.12. The second kappa shape index (κ2) is 4.31. The van der Waals surface area contributed by atoms with Crippen LogP contribution in [0.5, 0.6) is 0 Å². The molecule has 1 unspecified atom stereocenters. The summed E-state index contributed by atoms with van der Waals surface area (Å²) in [6.45, 7) is 3.02. The molecule has 0 spiro atoms. The molecule has 0 aliphatic carbocycles. The van der Waals surface area contributed by atoms with E-state index in [1.54, 1.807) is 5.01 Å². The standard InChI is InChI=1S/C8H16N2O/c1-2-5-8-6-3-4-7-10(8)9-11/h8H,2-7H2,1H3. The molecular formula is C8H16N2O. The van der Waals surface area contributed by atoms with E-state index in [4.69, 9.17) is 0 Å². The number of hydrogen-bond acceptors (Lipinski definition) is 2. The van der Waals surface area contributed by atoms with Gasteiger partial charge in [-0.3, -0.25) is 5.01 Å². The Labute approximate surface area is 67.7 Å². The predicted octanol–water partition coefficient (Wildman–Crippen LogP) is 2.32. The lowest BCUT2D eigenvalue weighted by molar-refractivity contribution is 0.143. The van der Waals surface area contributed by atoms with E-state index in [1.165, 1.54) is 6.42 Å². The molecule has 1 aliphatic rings. The molecule has 1 rings (SSSR count). The van der Waals surface area contributed by atoms with Gasteiger partial charge in [-0.1, -0.05) is 13.3 Å². The van der Waals surface area contributed by atoms with Crippen molar-refractivity contribution in [2.45, 2.75) is 45.1 Å². The summed E-state index contributed by atoms with van der Waals surface area (Å²) in [6.07, 6.45) is 5.81. The molecule has 3 heteroatoms. The molecule has 11 heavy (non-hydrogen) atoms. The summed E-state index contributed by atoms with van der Waals surface area (Å²) < 4.78 is 0. The fourth-order valence-corrected chi connectivity index (χ4v) is 1.72. The van der Waals surface area contributed by atoms with Crippen molar-refractivity contribution in [3.63, 3.8) is 0 Å². The van der Waals surface area contributed by atoms with Crippen molar-refractivity contribution in [3.8, 4) is 0 Å². The Kier molecular flexibility index (Phi) is 3.33. The molecule has 0 aromatic carbocycles. The second-order valence-corrected chi connectivity index (χ2v) is 3.18. The summed E-state index contributed by atoms with van der Waals surface area (Å²) in [5.41, 5.74) is 0. The molecule has 3 nitrogen and oxygen atoms in total. The summed E-state index contributed by atoms with van der Waals surface area (Å²) in [5, 5.41) is 4.75. The number of nitroso groups, excluding NO2 is 1. The minimum absolute atomic E-state index is 0.436. The second-order valence-electron chi connectivity index (χ2n) is 3.18. The number of piperidine rings is 1. The number of hydrogen-bond donors (Lipinski definition) is 0. The van der Waals surface area contributed by atoms with Crippen molar-refractivity contribution in [1.29, 1.82) is 0 Å². The Hall–Kier alpha value is -0.600. The van der Waals surface area contributed by atoms with Crippen LogP contribution in [-0.2, 0) is 0 Å². The van der Waals surface area contributed by atoms with Crippen LogP contribution in [0.4, 0.5) is 0 Å². The monoisotopic (exact) mass is 156 g/mol. The zero-order chi connectivity index (χ0) is 8.10. The van der Waals surface area contributed by atoms with E-state index in [0.717, 1.165) is 32.2 Å². The summed E-state index contributed by atoms with van der Waals surface area (Å²) in [4.78, 5) is 10.3. The van der Waals surface area contributed by atoms with Crippen LogP contribution in [0.2, 0.25) is 0 Å². The molecule has 0 saturated carbocycles. The van der Waals surface area contributed by atoms with Gasteiger partial charge in [0.1, 0.15) is 0 Å². The van der Waals surface area contributed by atoms with E-state index in [1.807, 2.05) is 0 Å². The van der Waals surface area contributed by atoms with Gasteiger partial charge in [0, 0.05) is 6.54 Å². The molecular weight excluding hydrogens is 140 g/mol. The number of nitrogens with zero attached hydrogens (tertiary/aromatic N) is 2. The molecule has 64 valence electrons. The minimum atomic E-state index is 0.436. The Bertz CT molecular complexity index is 125. The lowest BCUT2D eigenvalue weighted by atomic mass is 10.0. The van der Waals surface area contributed by atoms with Gasteiger partial charge in [0.15, 0.2) is 0 Å². The molecule has 0 aromatic heterocycles. The third-order valence-electron chi connectivity index (χ3n) is 2.32. The summed E-state index contributed by atoms with van der Waals surface area (Å²) in [6, 6.07) is 0.436. The Morgan fingerprint density at radius 1 is 1.55 bits per heavy atom. The van der Waals surface area contributed by atoms with E-state index in [-0.39, 0.29) is 0 Å². The van der Waals surface area contributed by atoms with E-state index in [9.17, 15) is 4.91 Å². The molecule has 0 N–H and O–H groups in total. The Balaban J connectivity index is 2.37. The van der Waals surface area contributed by atoms with E-state index in [0.29, 0.717) is 6.04 Å². The quantitative estimate of drug-likeness (QED) is 0.587. The summed E-state index contributed by atoms with van der Waals surface area (Å²) in [5.74, 6) is 0. The normalized spacial score (nSPS) is 25.2. The van der Waals surface area contributed by atoms with Crippen LogP contribution in [0.3, 0.4) is 0 Å². The van der Waals surface area contributed by atoms with Crippen molar-refractivity contribution in [3.05, 3.63) is 4.91 Å². The van der Waals surface area contributed by atoms with E-state index in [2.05, 4.69) is 12.2 Å². The summed E-state index contributed by atoms with van der Waals surface area (Å²) in [7, 11) is 0. The molecule has 1 aliphatic heterocycles. The van der Waals surface area contributed by atoms with Crippen LogP contribution in [0, 0.1) is 4.91 Å². The highest BCUT2D eigenvalue weighted by Gasteiger charge is 2.20. The van der Waals surface area contributed by atoms with Gasteiger partial charge in [-0.05, 0) is 25.7 Å². The average molecular weight is 156 g/mol. The summed E-state index contributed by atoms with van der Waals surface area (Å²) >= 11 is 0. The highest BCUT2D eigenvalue weighted by Crippen LogP contribution is 2.20. The van der Waals surface area contributed by atoms with Gasteiger partial charge in [-0.2, -0.15) is 0 Å². The van der Waals surface area contributed by atoms with Crippen molar-refractivity contribution < 1.29 is 0 Å². The zero-order valence-electron chi connectivity index (χ0n) is 7.12. The van der Waals surface area contributed by atoms with Crippen LogP contribution in [0.1, 0.15) is 39.0 Å². The van der Waals surface area contributed by atoms with Crippen molar-refractivity contribution >= 4 is 0 Å². The highest BCUT2D eigenvalue weighted by atomic mass is 16.3. The molecule has 0 amide bonds. The minimum Gasteiger partial charge on any atom is -0.258 e. The van der Waals surface area contributed by atoms with Gasteiger partial charge in [-0.15, -0.1) is 4.91 Å². The molecule has 1 atom stereocenters. The van der Waals surface area contributed by atoms with Crippen LogP contribution in [0.15, 0.2) is 5.29 Å². The first-order valence-electron chi connectivity index (χ1n) is 4.48. The largest absolute Gasteiger partial charge is 0.258 e. The van der Waals surface area contributed by atoms with Crippen LogP contribution in [0.25, 0.3) is 0 Å². The highest BCUT2D eigenvalue weighted by molar-refractivity contribution is 4.73. The van der Waals surface area contributed by atoms with Crippen molar-refractivity contribution in [2.24, 2.45) is 5.29 Å². The van der Waals surface area contributed by atoms with Gasteiger partial charge < -0.3 is 0 Å². The first-order chi connectivity index (χ1) is 5.38. The lowest BCUT2D eigenvalue weighted by Gasteiger charge is -2.30. The van der Waals surface area contributed by atoms with Gasteiger partial charge in [0.2, 0.25) is 0 Å². The van der Waals surface area contributed by atoms with Gasteiger partial charge >= 0.3 is 0 Å². The molecule has 0 radical (unpaired) electrons. The van der Waals surface area contributed by atoms with Crippen molar-refractivity contribution in [1.82, 2.24) is 5.01 Å². The topological polar surface area (TPSA) is 32.7 Å². The van der Waals surface area contributed by atoms with Crippen LogP contribution in [-0.4, -0.2) is 17.6 Å². The van der Waals surface area contributed by atoms with E-state index < -0.39 is 0 Å². The Morgan fingerprint density at radius 2 is 2.36 bits per heavy atom. The smallest absolute Gasteiger partial charge is 0.0526 e. The average Bonchev–Trinajstić information content (AvgIpc) is 2.06. The molecule has 1 saturated heterocycles. The Morgan fingerprint density at radius 3 is 3.00 bits per heavy atom. The van der Waals surface area contributed by atoms with E-state index >= 15 is 0 Å². The first-order valence-corrected chi connectivity index (χ1v) is 4.48. The van der Waals surface area contributed by atoms with Crippen LogP contribution >= 0.6 is 0 Å². The van der Waals surface area contributed by atoms with Gasteiger partial charge in [-0.25, -0.2) is 0 Å². The van der Waals surface area contributed by atoms with Gasteiger partial charge in [0.05, 0.1) is 11.3 Å². The molecule has 0 bridgehead atoms. The molecule has 1 heterocycles. The predicted molar refractivity (Wildman–Crippen MR) is 45.0 cm³/mol. The molecule has 0 aromatic rings. The third kappa shape index (κ3) is 2.17. The lowest BCUT2D eigenvalue weighted by Crippen LogP contribution is -2.34. The number of rotatable bonds is 3. The SMILES string of the molecule is CCCC1CCCCN1N=O. The van der Waals surface area contributed by atoms with Gasteiger partial charge in [0.25, 0.3) is 0 Å².